The maximum absolute atomic E-state index is 10.8. The SMILES string of the molecule is CC(=O)Oc1cn[nH]c1-c1ccccc1. The lowest BCUT2D eigenvalue weighted by atomic mass is 10.1. The van der Waals surface area contributed by atoms with Gasteiger partial charge in [0.05, 0.1) is 6.20 Å². The molecule has 0 radical (unpaired) electrons. The molecule has 0 amide bonds. The summed E-state index contributed by atoms with van der Waals surface area (Å²) in [6.45, 7) is 1.36. The summed E-state index contributed by atoms with van der Waals surface area (Å²) in [5, 5.41) is 6.65. The van der Waals surface area contributed by atoms with E-state index in [2.05, 4.69) is 10.2 Å². The van der Waals surface area contributed by atoms with E-state index < -0.39 is 0 Å². The molecule has 0 fully saturated rings. The van der Waals surface area contributed by atoms with Crippen molar-refractivity contribution >= 4 is 5.97 Å². The van der Waals surface area contributed by atoms with Crippen molar-refractivity contribution in [3.05, 3.63) is 36.5 Å². The normalized spacial score (nSPS) is 9.93. The molecule has 0 unspecified atom stereocenters. The summed E-state index contributed by atoms with van der Waals surface area (Å²) < 4.78 is 5.01. The minimum absolute atomic E-state index is 0.353. The number of hydrogen-bond acceptors (Lipinski definition) is 3. The lowest BCUT2D eigenvalue weighted by Crippen LogP contribution is -2.01. The van der Waals surface area contributed by atoms with Crippen LogP contribution in [0.25, 0.3) is 11.3 Å². The van der Waals surface area contributed by atoms with Crippen molar-refractivity contribution in [3.8, 4) is 17.0 Å². The third-order valence-electron chi connectivity index (χ3n) is 1.92. The van der Waals surface area contributed by atoms with Gasteiger partial charge in [-0.1, -0.05) is 30.3 Å². The third-order valence-corrected chi connectivity index (χ3v) is 1.92. The molecule has 0 spiro atoms. The quantitative estimate of drug-likeness (QED) is 0.758. The van der Waals surface area contributed by atoms with Crippen LogP contribution in [0.3, 0.4) is 0 Å². The van der Waals surface area contributed by atoms with Crippen LogP contribution in [0.2, 0.25) is 0 Å². The first kappa shape index (κ1) is 9.45. The van der Waals surface area contributed by atoms with Gasteiger partial charge < -0.3 is 4.74 Å². The molecule has 0 bridgehead atoms. The van der Waals surface area contributed by atoms with Crippen LogP contribution in [0.4, 0.5) is 0 Å². The van der Waals surface area contributed by atoms with Gasteiger partial charge in [-0.05, 0) is 0 Å². The average molecular weight is 202 g/mol. The van der Waals surface area contributed by atoms with Gasteiger partial charge in [0.15, 0.2) is 5.75 Å². The molecule has 2 aromatic rings. The van der Waals surface area contributed by atoms with Gasteiger partial charge in [0, 0.05) is 12.5 Å². The number of carbonyl (C=O) groups is 1. The Morgan fingerprint density at radius 3 is 2.73 bits per heavy atom. The summed E-state index contributed by atoms with van der Waals surface area (Å²) in [7, 11) is 0. The maximum atomic E-state index is 10.8. The number of nitrogens with one attached hydrogen (secondary N) is 1. The molecule has 1 aromatic heterocycles. The molecule has 0 atom stereocenters. The zero-order valence-electron chi connectivity index (χ0n) is 8.23. The molecule has 0 aliphatic heterocycles. The topological polar surface area (TPSA) is 55.0 Å². The standard InChI is InChI=1S/C11H10N2O2/c1-8(14)15-10-7-12-13-11(10)9-5-3-2-4-6-9/h2-7H,1H3,(H,12,13). The Hall–Kier alpha value is -2.10. The summed E-state index contributed by atoms with van der Waals surface area (Å²) >= 11 is 0. The Morgan fingerprint density at radius 1 is 1.33 bits per heavy atom. The maximum Gasteiger partial charge on any atom is 0.308 e. The van der Waals surface area contributed by atoms with Crippen LogP contribution in [0.1, 0.15) is 6.92 Å². The summed E-state index contributed by atoms with van der Waals surface area (Å²) in [6.07, 6.45) is 1.49. The molecule has 4 heteroatoms. The number of aromatic nitrogens is 2. The van der Waals surface area contributed by atoms with Crippen molar-refractivity contribution in [2.24, 2.45) is 0 Å². The number of carbonyl (C=O) groups excluding carboxylic acids is 1. The van der Waals surface area contributed by atoms with Crippen LogP contribution in [-0.2, 0) is 4.79 Å². The highest BCUT2D eigenvalue weighted by Gasteiger charge is 2.09. The molecule has 0 aliphatic rings. The van der Waals surface area contributed by atoms with Gasteiger partial charge in [-0.15, -0.1) is 0 Å². The largest absolute Gasteiger partial charge is 0.423 e. The Balaban J connectivity index is 2.37. The molecule has 15 heavy (non-hydrogen) atoms. The van der Waals surface area contributed by atoms with Gasteiger partial charge >= 0.3 is 5.97 Å². The summed E-state index contributed by atoms with van der Waals surface area (Å²) in [5.41, 5.74) is 1.65. The number of rotatable bonds is 2. The second-order valence-electron chi connectivity index (χ2n) is 3.07. The first-order valence-electron chi connectivity index (χ1n) is 4.54. The molecular formula is C11H10N2O2. The predicted molar refractivity (Wildman–Crippen MR) is 55.3 cm³/mol. The highest BCUT2D eigenvalue weighted by molar-refractivity contribution is 5.74. The van der Waals surface area contributed by atoms with E-state index in [1.54, 1.807) is 0 Å². The van der Waals surface area contributed by atoms with Gasteiger partial charge in [-0.3, -0.25) is 9.89 Å². The van der Waals surface area contributed by atoms with Crippen molar-refractivity contribution in [2.75, 3.05) is 0 Å². The summed E-state index contributed by atoms with van der Waals surface area (Å²) in [4.78, 5) is 10.8. The number of ether oxygens (including phenoxy) is 1. The second-order valence-corrected chi connectivity index (χ2v) is 3.07. The number of aromatic amines is 1. The van der Waals surface area contributed by atoms with E-state index in [4.69, 9.17) is 4.74 Å². The Labute approximate surface area is 86.9 Å². The number of nitrogens with zero attached hydrogens (tertiary/aromatic N) is 1. The van der Waals surface area contributed by atoms with Crippen LogP contribution in [0.5, 0.6) is 5.75 Å². The van der Waals surface area contributed by atoms with Crippen molar-refractivity contribution in [2.45, 2.75) is 6.92 Å². The van der Waals surface area contributed by atoms with E-state index in [1.807, 2.05) is 30.3 Å². The van der Waals surface area contributed by atoms with E-state index >= 15 is 0 Å². The zero-order chi connectivity index (χ0) is 10.7. The van der Waals surface area contributed by atoms with E-state index in [-0.39, 0.29) is 5.97 Å². The van der Waals surface area contributed by atoms with Gasteiger partial charge in [0.1, 0.15) is 5.69 Å². The predicted octanol–water partition coefficient (Wildman–Crippen LogP) is 2.00. The number of esters is 1. The number of benzene rings is 1. The molecule has 76 valence electrons. The lowest BCUT2D eigenvalue weighted by Gasteiger charge is -2.01. The fourth-order valence-corrected chi connectivity index (χ4v) is 1.32. The van der Waals surface area contributed by atoms with Crippen LogP contribution in [-0.4, -0.2) is 16.2 Å². The van der Waals surface area contributed by atoms with Gasteiger partial charge in [0.25, 0.3) is 0 Å². The van der Waals surface area contributed by atoms with Gasteiger partial charge in [-0.2, -0.15) is 5.10 Å². The van der Waals surface area contributed by atoms with Crippen molar-refractivity contribution in [1.29, 1.82) is 0 Å². The Bertz CT molecular complexity index is 462. The van der Waals surface area contributed by atoms with Crippen LogP contribution >= 0.6 is 0 Å². The fraction of sp³-hybridized carbons (Fsp3) is 0.0909. The molecular weight excluding hydrogens is 192 g/mol. The molecule has 0 aliphatic carbocycles. The fourth-order valence-electron chi connectivity index (χ4n) is 1.32. The van der Waals surface area contributed by atoms with Crippen LogP contribution in [0.15, 0.2) is 36.5 Å². The van der Waals surface area contributed by atoms with Crippen LogP contribution in [0, 0.1) is 0 Å². The molecule has 2 rings (SSSR count). The molecule has 1 aromatic carbocycles. The minimum atomic E-state index is -0.353. The smallest absolute Gasteiger partial charge is 0.308 e. The molecule has 0 saturated carbocycles. The number of H-pyrrole nitrogens is 1. The second kappa shape index (κ2) is 3.96. The van der Waals surface area contributed by atoms with E-state index in [0.29, 0.717) is 11.4 Å². The molecule has 0 saturated heterocycles. The highest BCUT2D eigenvalue weighted by Crippen LogP contribution is 2.26. The monoisotopic (exact) mass is 202 g/mol. The van der Waals surface area contributed by atoms with E-state index in [9.17, 15) is 4.79 Å². The molecule has 1 N–H and O–H groups in total. The summed E-state index contributed by atoms with van der Waals surface area (Å²) in [6, 6.07) is 9.58. The lowest BCUT2D eigenvalue weighted by molar-refractivity contribution is -0.131. The first-order valence-corrected chi connectivity index (χ1v) is 4.54. The first-order chi connectivity index (χ1) is 7.27. The van der Waals surface area contributed by atoms with Crippen LogP contribution < -0.4 is 4.74 Å². The van der Waals surface area contributed by atoms with Crippen molar-refractivity contribution in [3.63, 3.8) is 0 Å². The van der Waals surface area contributed by atoms with E-state index in [0.717, 1.165) is 5.56 Å². The summed E-state index contributed by atoms with van der Waals surface area (Å²) in [5.74, 6) is 0.0993. The Morgan fingerprint density at radius 2 is 2.07 bits per heavy atom. The molecule has 4 nitrogen and oxygen atoms in total. The average Bonchev–Trinajstić information content (AvgIpc) is 2.66. The third kappa shape index (κ3) is 2.04. The molecule has 1 heterocycles. The Kier molecular flexibility index (Phi) is 2.49. The van der Waals surface area contributed by atoms with Crippen molar-refractivity contribution < 1.29 is 9.53 Å². The highest BCUT2D eigenvalue weighted by atomic mass is 16.5. The minimum Gasteiger partial charge on any atom is -0.423 e. The van der Waals surface area contributed by atoms with Gasteiger partial charge in [-0.25, -0.2) is 0 Å². The van der Waals surface area contributed by atoms with Crippen molar-refractivity contribution in [1.82, 2.24) is 10.2 Å². The number of hydrogen-bond donors (Lipinski definition) is 1. The van der Waals surface area contributed by atoms with Gasteiger partial charge in [0.2, 0.25) is 0 Å². The van der Waals surface area contributed by atoms with E-state index in [1.165, 1.54) is 13.1 Å². The zero-order valence-corrected chi connectivity index (χ0v) is 8.23.